The quantitative estimate of drug-likeness (QED) is 0.733. The summed E-state index contributed by atoms with van der Waals surface area (Å²) in [4.78, 5) is 12.5. The average Bonchev–Trinajstić information content (AvgIpc) is 3.03. The predicted molar refractivity (Wildman–Crippen MR) is 92.4 cm³/mol. The largest absolute Gasteiger partial charge is 0.434 e. The van der Waals surface area contributed by atoms with Gasteiger partial charge in [-0.2, -0.15) is 18.3 Å². The van der Waals surface area contributed by atoms with Crippen LogP contribution in [0.5, 0.6) is 0 Å². The molecule has 1 N–H and O–H groups in total. The van der Waals surface area contributed by atoms with Crippen LogP contribution >= 0.6 is 0 Å². The van der Waals surface area contributed by atoms with Crippen LogP contribution in [-0.2, 0) is 6.18 Å². The lowest BCUT2D eigenvalue weighted by atomic mass is 10.1. The molecule has 0 aliphatic carbocycles. The van der Waals surface area contributed by atoms with Gasteiger partial charge in [-0.05, 0) is 37.6 Å². The molecule has 0 spiro atoms. The van der Waals surface area contributed by atoms with Gasteiger partial charge in [0.05, 0.1) is 17.4 Å². The van der Waals surface area contributed by atoms with Gasteiger partial charge in [0.2, 0.25) is 0 Å². The number of anilines is 1. The van der Waals surface area contributed by atoms with Crippen LogP contribution in [0, 0.1) is 13.8 Å². The number of amides is 1. The fourth-order valence-electron chi connectivity index (χ4n) is 2.57. The van der Waals surface area contributed by atoms with Gasteiger partial charge in [0.15, 0.2) is 5.69 Å². The number of hydrogen-bond acceptors (Lipinski definition) is 2. The van der Waals surface area contributed by atoms with E-state index in [2.05, 4.69) is 10.4 Å². The minimum atomic E-state index is -4.74. The van der Waals surface area contributed by atoms with Crippen molar-refractivity contribution >= 4 is 11.6 Å². The van der Waals surface area contributed by atoms with Crippen LogP contribution in [0.2, 0.25) is 0 Å². The minimum absolute atomic E-state index is 0.234. The van der Waals surface area contributed by atoms with Crippen LogP contribution in [-0.4, -0.2) is 15.7 Å². The average molecular weight is 359 g/mol. The van der Waals surface area contributed by atoms with Crippen molar-refractivity contribution in [3.8, 4) is 5.69 Å². The Morgan fingerprint density at radius 1 is 1.04 bits per heavy atom. The smallest absolute Gasteiger partial charge is 0.322 e. The van der Waals surface area contributed by atoms with Crippen LogP contribution in [0.3, 0.4) is 0 Å². The summed E-state index contributed by atoms with van der Waals surface area (Å²) in [6, 6.07) is 13.3. The lowest BCUT2D eigenvalue weighted by molar-refractivity contribution is -0.143. The summed E-state index contributed by atoms with van der Waals surface area (Å²) in [7, 11) is 0. The second-order valence-electron chi connectivity index (χ2n) is 5.92. The van der Waals surface area contributed by atoms with Crippen molar-refractivity contribution < 1.29 is 18.0 Å². The van der Waals surface area contributed by atoms with Gasteiger partial charge in [-0.1, -0.05) is 35.9 Å². The number of aryl methyl sites for hydroxylation is 2. The van der Waals surface area contributed by atoms with Gasteiger partial charge < -0.3 is 5.32 Å². The number of nitrogens with zero attached hydrogens (tertiary/aromatic N) is 2. The summed E-state index contributed by atoms with van der Waals surface area (Å²) >= 11 is 0. The molecule has 0 radical (unpaired) electrons. The van der Waals surface area contributed by atoms with Gasteiger partial charge in [0.1, 0.15) is 0 Å². The summed E-state index contributed by atoms with van der Waals surface area (Å²) in [6.07, 6.45) is -3.80. The number of halogens is 3. The summed E-state index contributed by atoms with van der Waals surface area (Å²) in [5, 5.41) is 6.32. The van der Waals surface area contributed by atoms with E-state index in [1.807, 2.05) is 6.92 Å². The number of rotatable bonds is 3. The molecule has 0 bridgehead atoms. The van der Waals surface area contributed by atoms with Crippen molar-refractivity contribution in [1.29, 1.82) is 0 Å². The Bertz CT molecular complexity index is 943. The fourth-order valence-corrected chi connectivity index (χ4v) is 2.57. The number of aromatic nitrogens is 2. The maximum Gasteiger partial charge on any atom is 0.434 e. The van der Waals surface area contributed by atoms with Crippen LogP contribution in [0.25, 0.3) is 5.69 Å². The Morgan fingerprint density at radius 3 is 2.31 bits per heavy atom. The molecule has 1 amide bonds. The molecule has 0 aliphatic heterocycles. The van der Waals surface area contributed by atoms with Crippen molar-refractivity contribution in [1.82, 2.24) is 9.78 Å². The van der Waals surface area contributed by atoms with E-state index in [9.17, 15) is 18.0 Å². The molecular weight excluding hydrogens is 343 g/mol. The molecule has 1 aromatic heterocycles. The molecule has 0 aliphatic rings. The zero-order chi connectivity index (χ0) is 18.9. The van der Waals surface area contributed by atoms with Crippen LogP contribution < -0.4 is 5.32 Å². The molecule has 3 rings (SSSR count). The SMILES string of the molecule is Cc1ccc(-n2ncc(C(=O)Nc3ccccc3C)c2C(F)(F)F)cc1. The first-order chi connectivity index (χ1) is 12.3. The maximum absolute atomic E-state index is 13.6. The van der Waals surface area contributed by atoms with E-state index in [1.54, 1.807) is 43.3 Å². The summed E-state index contributed by atoms with van der Waals surface area (Å²) in [5.74, 6) is -0.856. The summed E-state index contributed by atoms with van der Waals surface area (Å²) in [6.45, 7) is 3.59. The number of carbonyl (C=O) groups is 1. The van der Waals surface area contributed by atoms with E-state index in [0.717, 1.165) is 22.0 Å². The number of para-hydroxylation sites is 1. The lowest BCUT2D eigenvalue weighted by Crippen LogP contribution is -2.21. The van der Waals surface area contributed by atoms with Crippen molar-refractivity contribution in [2.45, 2.75) is 20.0 Å². The third kappa shape index (κ3) is 3.46. The Hall–Kier alpha value is -3.09. The highest BCUT2D eigenvalue weighted by Gasteiger charge is 2.40. The molecule has 1 heterocycles. The van der Waals surface area contributed by atoms with Crippen LogP contribution in [0.1, 0.15) is 27.2 Å². The molecule has 0 atom stereocenters. The van der Waals surface area contributed by atoms with Gasteiger partial charge in [0, 0.05) is 5.69 Å². The molecule has 26 heavy (non-hydrogen) atoms. The molecule has 0 fully saturated rings. The molecule has 0 saturated heterocycles. The van der Waals surface area contributed by atoms with Crippen molar-refractivity contribution in [3.05, 3.63) is 77.1 Å². The maximum atomic E-state index is 13.6. The highest BCUT2D eigenvalue weighted by Crippen LogP contribution is 2.34. The molecular formula is C19H16F3N3O. The van der Waals surface area contributed by atoms with Crippen LogP contribution in [0.4, 0.5) is 18.9 Å². The monoisotopic (exact) mass is 359 g/mol. The normalized spacial score (nSPS) is 11.4. The highest BCUT2D eigenvalue weighted by atomic mass is 19.4. The second kappa shape index (κ2) is 6.67. The molecule has 134 valence electrons. The first-order valence-corrected chi connectivity index (χ1v) is 7.86. The topological polar surface area (TPSA) is 46.9 Å². The molecule has 0 saturated carbocycles. The van der Waals surface area contributed by atoms with E-state index in [-0.39, 0.29) is 5.69 Å². The minimum Gasteiger partial charge on any atom is -0.322 e. The summed E-state index contributed by atoms with van der Waals surface area (Å²) in [5.41, 5.74) is 0.715. The van der Waals surface area contributed by atoms with Crippen molar-refractivity contribution in [3.63, 3.8) is 0 Å². The van der Waals surface area contributed by atoms with Gasteiger partial charge in [-0.3, -0.25) is 4.79 Å². The molecule has 7 heteroatoms. The van der Waals surface area contributed by atoms with E-state index >= 15 is 0 Å². The molecule has 3 aromatic rings. The van der Waals surface area contributed by atoms with E-state index < -0.39 is 23.3 Å². The Kier molecular flexibility index (Phi) is 4.54. The van der Waals surface area contributed by atoms with Crippen LogP contribution in [0.15, 0.2) is 54.7 Å². The number of benzene rings is 2. The zero-order valence-electron chi connectivity index (χ0n) is 14.1. The third-order valence-corrected chi connectivity index (χ3v) is 3.95. The molecule has 4 nitrogen and oxygen atoms in total. The number of nitrogens with one attached hydrogen (secondary N) is 1. The van der Waals surface area contributed by atoms with E-state index in [0.29, 0.717) is 5.69 Å². The highest BCUT2D eigenvalue weighted by molar-refractivity contribution is 6.05. The van der Waals surface area contributed by atoms with Crippen molar-refractivity contribution in [2.24, 2.45) is 0 Å². The number of hydrogen-bond donors (Lipinski definition) is 1. The first kappa shape index (κ1) is 17.7. The lowest BCUT2D eigenvalue weighted by Gasteiger charge is -2.13. The van der Waals surface area contributed by atoms with E-state index in [1.165, 1.54) is 12.1 Å². The van der Waals surface area contributed by atoms with Gasteiger partial charge in [-0.15, -0.1) is 0 Å². The van der Waals surface area contributed by atoms with E-state index in [4.69, 9.17) is 0 Å². The number of carbonyl (C=O) groups excluding carboxylic acids is 1. The Balaban J connectivity index is 2.04. The predicted octanol–water partition coefficient (Wildman–Crippen LogP) is 4.76. The molecule has 0 unspecified atom stereocenters. The Morgan fingerprint density at radius 2 is 1.69 bits per heavy atom. The van der Waals surface area contributed by atoms with Gasteiger partial charge in [0.25, 0.3) is 5.91 Å². The first-order valence-electron chi connectivity index (χ1n) is 7.86. The van der Waals surface area contributed by atoms with Gasteiger partial charge >= 0.3 is 6.18 Å². The standard InChI is InChI=1S/C19H16F3N3O/c1-12-7-9-14(10-8-12)25-17(19(20,21)22)15(11-23-25)18(26)24-16-6-4-3-5-13(16)2/h3-11H,1-2H3,(H,24,26). The second-order valence-corrected chi connectivity index (χ2v) is 5.92. The summed E-state index contributed by atoms with van der Waals surface area (Å²) < 4.78 is 41.7. The van der Waals surface area contributed by atoms with Crippen molar-refractivity contribution in [2.75, 3.05) is 5.32 Å². The third-order valence-electron chi connectivity index (χ3n) is 3.95. The Labute approximate surface area is 148 Å². The number of alkyl halides is 3. The fraction of sp³-hybridized carbons (Fsp3) is 0.158. The zero-order valence-corrected chi connectivity index (χ0v) is 14.1. The van der Waals surface area contributed by atoms with Gasteiger partial charge in [-0.25, -0.2) is 4.68 Å². The molecule has 2 aromatic carbocycles.